The molecule has 0 atom stereocenters. The van der Waals surface area contributed by atoms with E-state index in [0.717, 1.165) is 12.8 Å². The summed E-state index contributed by atoms with van der Waals surface area (Å²) in [7, 11) is 0. The Balaban J connectivity index is 1.58. The van der Waals surface area contributed by atoms with Crippen LogP contribution in [0.3, 0.4) is 0 Å². The molecule has 0 saturated carbocycles. The van der Waals surface area contributed by atoms with Crippen molar-refractivity contribution < 1.29 is 4.79 Å². The van der Waals surface area contributed by atoms with E-state index in [1.165, 1.54) is 53.9 Å². The maximum Gasteiger partial charge on any atom is 0.224 e. The van der Waals surface area contributed by atoms with Gasteiger partial charge in [0, 0.05) is 6.04 Å². The molecule has 1 aromatic rings. The van der Waals surface area contributed by atoms with Gasteiger partial charge in [0.25, 0.3) is 0 Å². The molecule has 20 heavy (non-hydrogen) atoms. The smallest absolute Gasteiger partial charge is 0.224 e. The summed E-state index contributed by atoms with van der Waals surface area (Å²) in [6.45, 7) is 0. The van der Waals surface area contributed by atoms with Gasteiger partial charge in [-0.2, -0.15) is 11.8 Å². The van der Waals surface area contributed by atoms with Gasteiger partial charge in [0.15, 0.2) is 0 Å². The minimum atomic E-state index is 0.192. The molecule has 3 heteroatoms. The molecule has 2 aliphatic rings. The lowest BCUT2D eigenvalue weighted by molar-refractivity contribution is -0.121. The lowest BCUT2D eigenvalue weighted by atomic mass is 9.90. The van der Waals surface area contributed by atoms with Crippen molar-refractivity contribution in [3.63, 3.8) is 0 Å². The third-order valence-corrected chi connectivity index (χ3v) is 5.41. The van der Waals surface area contributed by atoms with E-state index in [2.05, 4.69) is 23.5 Å². The second-order valence-corrected chi connectivity index (χ2v) is 7.17. The van der Waals surface area contributed by atoms with Crippen molar-refractivity contribution in [2.75, 3.05) is 11.5 Å². The molecule has 1 amide bonds. The van der Waals surface area contributed by atoms with Gasteiger partial charge in [0.05, 0.1) is 6.42 Å². The molecule has 0 aromatic heterocycles. The van der Waals surface area contributed by atoms with Gasteiger partial charge in [-0.1, -0.05) is 18.2 Å². The highest BCUT2D eigenvalue weighted by atomic mass is 32.2. The lowest BCUT2D eigenvalue weighted by Crippen LogP contribution is -2.38. The number of benzene rings is 1. The molecular formula is C17H23NOS. The van der Waals surface area contributed by atoms with E-state index < -0.39 is 0 Å². The Labute approximate surface area is 125 Å². The largest absolute Gasteiger partial charge is 0.353 e. The molecule has 3 rings (SSSR count). The first-order valence-electron chi connectivity index (χ1n) is 7.79. The van der Waals surface area contributed by atoms with E-state index in [9.17, 15) is 4.79 Å². The number of carbonyl (C=O) groups is 1. The SMILES string of the molecule is O=C(Cc1ccc2c(c1)CCCC2)NC1CCSCC1. The van der Waals surface area contributed by atoms with Crippen molar-refractivity contribution in [2.24, 2.45) is 0 Å². The second kappa shape index (κ2) is 6.66. The van der Waals surface area contributed by atoms with Crippen molar-refractivity contribution >= 4 is 17.7 Å². The molecule has 2 nitrogen and oxygen atoms in total. The summed E-state index contributed by atoms with van der Waals surface area (Å²) < 4.78 is 0. The first-order valence-corrected chi connectivity index (χ1v) is 8.94. The number of aryl methyl sites for hydroxylation is 2. The number of amides is 1. The fourth-order valence-electron chi connectivity index (χ4n) is 3.20. The predicted octanol–water partition coefficient (Wildman–Crippen LogP) is 3.12. The highest BCUT2D eigenvalue weighted by Gasteiger charge is 2.16. The number of rotatable bonds is 3. The van der Waals surface area contributed by atoms with Gasteiger partial charge in [-0.25, -0.2) is 0 Å². The van der Waals surface area contributed by atoms with Crippen LogP contribution >= 0.6 is 11.8 Å². The van der Waals surface area contributed by atoms with Crippen LogP contribution in [0.25, 0.3) is 0 Å². The number of carbonyl (C=O) groups excluding carboxylic acids is 1. The Hall–Kier alpha value is -0.960. The van der Waals surface area contributed by atoms with Gasteiger partial charge in [-0.05, 0) is 66.7 Å². The Kier molecular flexibility index (Phi) is 4.66. The van der Waals surface area contributed by atoms with Gasteiger partial charge in [-0.15, -0.1) is 0 Å². The quantitative estimate of drug-likeness (QED) is 0.926. The summed E-state index contributed by atoms with van der Waals surface area (Å²) in [5, 5.41) is 3.20. The third-order valence-electron chi connectivity index (χ3n) is 4.36. The van der Waals surface area contributed by atoms with Crippen LogP contribution in [0.5, 0.6) is 0 Å². The molecule has 108 valence electrons. The van der Waals surface area contributed by atoms with E-state index >= 15 is 0 Å². The number of hydrogen-bond donors (Lipinski definition) is 1. The third kappa shape index (κ3) is 3.57. The standard InChI is InChI=1S/C17H23NOS/c19-17(18-16-7-9-20-10-8-16)12-13-5-6-14-3-1-2-4-15(14)11-13/h5-6,11,16H,1-4,7-10,12H2,(H,18,19). The normalized spacial score (nSPS) is 19.4. The monoisotopic (exact) mass is 289 g/mol. The van der Waals surface area contributed by atoms with Crippen molar-refractivity contribution in [3.8, 4) is 0 Å². The Bertz CT molecular complexity index is 480. The maximum absolute atomic E-state index is 12.1. The van der Waals surface area contributed by atoms with Crippen molar-refractivity contribution in [1.29, 1.82) is 0 Å². The Morgan fingerprint density at radius 2 is 1.90 bits per heavy atom. The summed E-state index contributed by atoms with van der Waals surface area (Å²) >= 11 is 1.99. The lowest BCUT2D eigenvalue weighted by Gasteiger charge is -2.22. The molecule has 0 unspecified atom stereocenters. The highest BCUT2D eigenvalue weighted by Crippen LogP contribution is 2.22. The molecule has 1 fully saturated rings. The molecule has 1 saturated heterocycles. The second-order valence-electron chi connectivity index (χ2n) is 5.94. The van der Waals surface area contributed by atoms with Crippen molar-refractivity contribution in [3.05, 3.63) is 34.9 Å². The molecule has 1 aliphatic carbocycles. The molecule has 0 bridgehead atoms. The number of thioether (sulfide) groups is 1. The van der Waals surface area contributed by atoms with Crippen LogP contribution in [0.2, 0.25) is 0 Å². The molecule has 0 spiro atoms. The fraction of sp³-hybridized carbons (Fsp3) is 0.588. The maximum atomic E-state index is 12.1. The van der Waals surface area contributed by atoms with Crippen molar-refractivity contribution in [1.82, 2.24) is 5.32 Å². The van der Waals surface area contributed by atoms with Gasteiger partial charge in [-0.3, -0.25) is 4.79 Å². The average Bonchev–Trinajstić information content (AvgIpc) is 2.48. The molecule has 1 N–H and O–H groups in total. The summed E-state index contributed by atoms with van der Waals surface area (Å²) in [6.07, 6.45) is 7.79. The molecule has 0 radical (unpaired) electrons. The summed E-state index contributed by atoms with van der Waals surface area (Å²) in [4.78, 5) is 12.1. The van der Waals surface area contributed by atoms with Crippen LogP contribution in [0.4, 0.5) is 0 Å². The number of fused-ring (bicyclic) bond motifs is 1. The van der Waals surface area contributed by atoms with Crippen LogP contribution in [0.1, 0.15) is 42.4 Å². The molecule has 1 aromatic carbocycles. The van der Waals surface area contributed by atoms with E-state index in [-0.39, 0.29) is 5.91 Å². The van der Waals surface area contributed by atoms with Gasteiger partial charge >= 0.3 is 0 Å². The summed E-state index contributed by atoms with van der Waals surface area (Å²) in [5.74, 6) is 2.56. The summed E-state index contributed by atoms with van der Waals surface area (Å²) in [6, 6.07) is 7.03. The average molecular weight is 289 g/mol. The number of nitrogens with one attached hydrogen (secondary N) is 1. The van der Waals surface area contributed by atoms with Gasteiger partial charge in [0.1, 0.15) is 0 Å². The summed E-state index contributed by atoms with van der Waals surface area (Å²) in [5.41, 5.74) is 4.13. The van der Waals surface area contributed by atoms with Crippen LogP contribution in [0.15, 0.2) is 18.2 Å². The topological polar surface area (TPSA) is 29.1 Å². The first kappa shape index (κ1) is 14.0. The number of hydrogen-bond acceptors (Lipinski definition) is 2. The van der Waals surface area contributed by atoms with Crippen LogP contribution in [-0.2, 0) is 24.1 Å². The molecular weight excluding hydrogens is 266 g/mol. The van der Waals surface area contributed by atoms with Crippen molar-refractivity contribution in [2.45, 2.75) is 51.0 Å². The Morgan fingerprint density at radius 3 is 2.70 bits per heavy atom. The van der Waals surface area contributed by atoms with Crippen LogP contribution in [0, 0.1) is 0 Å². The molecule has 1 heterocycles. The zero-order valence-electron chi connectivity index (χ0n) is 12.0. The minimum Gasteiger partial charge on any atom is -0.353 e. The highest BCUT2D eigenvalue weighted by molar-refractivity contribution is 7.99. The zero-order chi connectivity index (χ0) is 13.8. The Morgan fingerprint density at radius 1 is 1.15 bits per heavy atom. The van der Waals surface area contributed by atoms with E-state index in [0.29, 0.717) is 12.5 Å². The van der Waals surface area contributed by atoms with E-state index in [4.69, 9.17) is 0 Å². The zero-order valence-corrected chi connectivity index (χ0v) is 12.8. The van der Waals surface area contributed by atoms with Crippen LogP contribution < -0.4 is 5.32 Å². The van der Waals surface area contributed by atoms with Crippen LogP contribution in [-0.4, -0.2) is 23.5 Å². The predicted molar refractivity (Wildman–Crippen MR) is 85.3 cm³/mol. The molecule has 1 aliphatic heterocycles. The fourth-order valence-corrected chi connectivity index (χ4v) is 4.31. The minimum absolute atomic E-state index is 0.192. The van der Waals surface area contributed by atoms with E-state index in [1.54, 1.807) is 0 Å². The van der Waals surface area contributed by atoms with Gasteiger partial charge < -0.3 is 5.32 Å². The van der Waals surface area contributed by atoms with Gasteiger partial charge in [0.2, 0.25) is 5.91 Å². The first-order chi connectivity index (χ1) is 9.81. The van der Waals surface area contributed by atoms with E-state index in [1.807, 2.05) is 11.8 Å².